The first-order valence-electron chi connectivity index (χ1n) is 7.25. The molecule has 0 fully saturated rings. The second kappa shape index (κ2) is 6.84. The highest BCUT2D eigenvalue weighted by atomic mass is 35.5. The Morgan fingerprint density at radius 1 is 1.12 bits per heavy atom. The molecule has 3 aromatic rings. The molecule has 1 aromatic heterocycles. The summed E-state index contributed by atoms with van der Waals surface area (Å²) in [7, 11) is -3.74. The quantitative estimate of drug-likeness (QED) is 0.753. The van der Waals surface area contributed by atoms with Gasteiger partial charge in [-0.15, -0.1) is 0 Å². The van der Waals surface area contributed by atoms with Gasteiger partial charge in [-0.1, -0.05) is 35.9 Å². The van der Waals surface area contributed by atoms with Crippen LogP contribution in [0.2, 0.25) is 5.02 Å². The maximum atomic E-state index is 13.2. The number of fused-ring (bicyclic) bond motifs is 1. The van der Waals surface area contributed by atoms with E-state index in [1.165, 1.54) is 6.07 Å². The lowest BCUT2D eigenvalue weighted by atomic mass is 10.1. The van der Waals surface area contributed by atoms with Crippen molar-refractivity contribution in [3.05, 3.63) is 71.1 Å². The van der Waals surface area contributed by atoms with Crippen molar-refractivity contribution in [1.29, 1.82) is 0 Å². The number of halogens is 2. The first-order chi connectivity index (χ1) is 11.5. The minimum atomic E-state index is -3.74. The van der Waals surface area contributed by atoms with Crippen molar-refractivity contribution in [3.63, 3.8) is 0 Å². The van der Waals surface area contributed by atoms with Crippen LogP contribution in [0.3, 0.4) is 0 Å². The van der Waals surface area contributed by atoms with E-state index in [4.69, 9.17) is 11.6 Å². The molecule has 0 radical (unpaired) electrons. The van der Waals surface area contributed by atoms with Gasteiger partial charge >= 0.3 is 0 Å². The first-order valence-corrected chi connectivity index (χ1v) is 9.11. The van der Waals surface area contributed by atoms with Gasteiger partial charge in [0.2, 0.25) is 10.0 Å². The number of aromatic nitrogens is 1. The van der Waals surface area contributed by atoms with Gasteiger partial charge in [-0.25, -0.2) is 17.5 Å². The molecule has 1 N–H and O–H groups in total. The molecular weight excluding hydrogens is 351 g/mol. The van der Waals surface area contributed by atoms with Crippen LogP contribution in [0.4, 0.5) is 4.39 Å². The Morgan fingerprint density at radius 2 is 1.92 bits per heavy atom. The SMILES string of the molecule is O=S(=O)(NCCc1cccc2cccnc12)c1ccc(F)c(Cl)c1. The second-order valence-corrected chi connectivity index (χ2v) is 7.39. The number of rotatable bonds is 5. The van der Waals surface area contributed by atoms with Gasteiger partial charge in [0, 0.05) is 18.1 Å². The van der Waals surface area contributed by atoms with Gasteiger partial charge < -0.3 is 0 Å². The number of hydrogen-bond acceptors (Lipinski definition) is 3. The largest absolute Gasteiger partial charge is 0.256 e. The summed E-state index contributed by atoms with van der Waals surface area (Å²) in [6, 6.07) is 12.9. The van der Waals surface area contributed by atoms with Crippen molar-refractivity contribution < 1.29 is 12.8 Å². The fourth-order valence-corrected chi connectivity index (χ4v) is 3.72. The van der Waals surface area contributed by atoms with Crippen LogP contribution in [-0.2, 0) is 16.4 Å². The highest BCUT2D eigenvalue weighted by molar-refractivity contribution is 7.89. The number of nitrogens with one attached hydrogen (secondary N) is 1. The number of para-hydroxylation sites is 1. The number of hydrogen-bond donors (Lipinski definition) is 1. The van der Waals surface area contributed by atoms with Crippen LogP contribution in [0.5, 0.6) is 0 Å². The molecule has 4 nitrogen and oxygen atoms in total. The minimum absolute atomic E-state index is 0.0649. The third-order valence-corrected chi connectivity index (χ3v) is 5.35. The smallest absolute Gasteiger partial charge is 0.240 e. The van der Waals surface area contributed by atoms with E-state index in [0.717, 1.165) is 28.6 Å². The average molecular weight is 365 g/mol. The van der Waals surface area contributed by atoms with E-state index >= 15 is 0 Å². The van der Waals surface area contributed by atoms with Gasteiger partial charge in [0.1, 0.15) is 5.82 Å². The van der Waals surface area contributed by atoms with Crippen LogP contribution >= 0.6 is 11.6 Å². The topological polar surface area (TPSA) is 59.1 Å². The molecule has 2 aromatic carbocycles. The maximum absolute atomic E-state index is 13.2. The standard InChI is InChI=1S/C17H14ClFN2O2S/c18-15-11-14(6-7-16(15)19)24(22,23)21-10-8-13-4-1-3-12-5-2-9-20-17(12)13/h1-7,9,11,21H,8,10H2. The monoisotopic (exact) mass is 364 g/mol. The molecule has 0 unspecified atom stereocenters. The molecular formula is C17H14ClFN2O2S. The molecule has 0 bridgehead atoms. The lowest BCUT2D eigenvalue weighted by molar-refractivity contribution is 0.581. The Hall–Kier alpha value is -2.02. The maximum Gasteiger partial charge on any atom is 0.240 e. The molecule has 0 aliphatic carbocycles. The molecule has 0 amide bonds. The van der Waals surface area contributed by atoms with E-state index < -0.39 is 15.8 Å². The van der Waals surface area contributed by atoms with Crippen molar-refractivity contribution in [2.24, 2.45) is 0 Å². The molecule has 124 valence electrons. The zero-order chi connectivity index (χ0) is 17.2. The Bertz CT molecular complexity index is 988. The van der Waals surface area contributed by atoms with E-state index in [-0.39, 0.29) is 16.5 Å². The zero-order valence-electron chi connectivity index (χ0n) is 12.5. The number of benzene rings is 2. The Balaban J connectivity index is 1.74. The van der Waals surface area contributed by atoms with Gasteiger partial charge in [0.25, 0.3) is 0 Å². The lowest BCUT2D eigenvalue weighted by Crippen LogP contribution is -2.26. The van der Waals surface area contributed by atoms with E-state index in [1.54, 1.807) is 6.20 Å². The van der Waals surface area contributed by atoms with E-state index in [2.05, 4.69) is 9.71 Å². The molecule has 0 aliphatic rings. The van der Waals surface area contributed by atoms with Crippen LogP contribution < -0.4 is 4.72 Å². The summed E-state index contributed by atoms with van der Waals surface area (Å²) in [5, 5.41) is 0.777. The summed E-state index contributed by atoms with van der Waals surface area (Å²) in [4.78, 5) is 4.27. The van der Waals surface area contributed by atoms with Crippen molar-refractivity contribution >= 4 is 32.5 Å². The normalized spacial score (nSPS) is 11.8. The van der Waals surface area contributed by atoms with Gasteiger partial charge in [-0.3, -0.25) is 4.98 Å². The van der Waals surface area contributed by atoms with E-state index in [9.17, 15) is 12.8 Å². The molecule has 1 heterocycles. The van der Waals surface area contributed by atoms with Crippen LogP contribution in [0, 0.1) is 5.82 Å². The van der Waals surface area contributed by atoms with Crippen molar-refractivity contribution in [2.75, 3.05) is 6.54 Å². The van der Waals surface area contributed by atoms with Gasteiger partial charge in [-0.2, -0.15) is 0 Å². The second-order valence-electron chi connectivity index (χ2n) is 5.22. The molecule has 0 aliphatic heterocycles. The third-order valence-electron chi connectivity index (χ3n) is 3.60. The molecule has 0 atom stereocenters. The molecule has 0 saturated carbocycles. The Kier molecular flexibility index (Phi) is 4.80. The molecule has 7 heteroatoms. The van der Waals surface area contributed by atoms with Crippen LogP contribution in [-0.4, -0.2) is 19.9 Å². The highest BCUT2D eigenvalue weighted by Crippen LogP contribution is 2.20. The van der Waals surface area contributed by atoms with Crippen LogP contribution in [0.1, 0.15) is 5.56 Å². The minimum Gasteiger partial charge on any atom is -0.256 e. The first kappa shape index (κ1) is 16.8. The number of nitrogens with zero attached hydrogens (tertiary/aromatic N) is 1. The third kappa shape index (κ3) is 3.56. The summed E-state index contributed by atoms with van der Waals surface area (Å²) in [6.45, 7) is 0.201. The number of pyridine rings is 1. The summed E-state index contributed by atoms with van der Waals surface area (Å²) >= 11 is 5.64. The van der Waals surface area contributed by atoms with Crippen LogP contribution in [0.15, 0.2) is 59.6 Å². The lowest BCUT2D eigenvalue weighted by Gasteiger charge is -2.09. The summed E-state index contributed by atoms with van der Waals surface area (Å²) in [5.74, 6) is -0.655. The Labute approximate surface area is 144 Å². The summed E-state index contributed by atoms with van der Waals surface area (Å²) in [5.41, 5.74) is 1.80. The summed E-state index contributed by atoms with van der Waals surface area (Å²) < 4.78 is 40.1. The fourth-order valence-electron chi connectivity index (χ4n) is 2.42. The molecule has 24 heavy (non-hydrogen) atoms. The van der Waals surface area contributed by atoms with Gasteiger partial charge in [0.05, 0.1) is 15.4 Å². The fraction of sp³-hybridized carbons (Fsp3) is 0.118. The molecule has 0 spiro atoms. The van der Waals surface area contributed by atoms with E-state index in [1.807, 2.05) is 30.3 Å². The van der Waals surface area contributed by atoms with Crippen molar-refractivity contribution in [3.8, 4) is 0 Å². The predicted octanol–water partition coefficient (Wildman–Crippen LogP) is 3.55. The average Bonchev–Trinajstić information content (AvgIpc) is 2.57. The van der Waals surface area contributed by atoms with Gasteiger partial charge in [-0.05, 0) is 36.2 Å². The predicted molar refractivity (Wildman–Crippen MR) is 92.0 cm³/mol. The number of sulfonamides is 1. The van der Waals surface area contributed by atoms with Gasteiger partial charge in [0.15, 0.2) is 0 Å². The Morgan fingerprint density at radius 3 is 2.71 bits per heavy atom. The van der Waals surface area contributed by atoms with Crippen molar-refractivity contribution in [2.45, 2.75) is 11.3 Å². The molecule has 0 saturated heterocycles. The molecule has 3 rings (SSSR count). The zero-order valence-corrected chi connectivity index (χ0v) is 14.1. The summed E-state index contributed by atoms with van der Waals surface area (Å²) in [6.07, 6.45) is 2.19. The highest BCUT2D eigenvalue weighted by Gasteiger charge is 2.15. The van der Waals surface area contributed by atoms with E-state index in [0.29, 0.717) is 6.42 Å². The van der Waals surface area contributed by atoms with Crippen molar-refractivity contribution in [1.82, 2.24) is 9.71 Å². The van der Waals surface area contributed by atoms with Crippen LogP contribution in [0.25, 0.3) is 10.9 Å².